The second-order valence-electron chi connectivity index (χ2n) is 6.01. The molecule has 24 heavy (non-hydrogen) atoms. The maximum absolute atomic E-state index is 5.97. The molecule has 3 aromatic rings. The van der Waals surface area contributed by atoms with Crippen LogP contribution in [0, 0.1) is 6.92 Å². The number of aromatic nitrogens is 3. The first-order valence-corrected chi connectivity index (χ1v) is 8.15. The molecule has 4 rings (SSSR count). The molecule has 0 saturated heterocycles. The summed E-state index contributed by atoms with van der Waals surface area (Å²) in [5.41, 5.74) is 3.03. The molecule has 124 valence electrons. The second-order valence-corrected chi connectivity index (χ2v) is 6.01. The molecule has 0 spiro atoms. The molecule has 0 saturated carbocycles. The number of nitrogens with one attached hydrogen (secondary N) is 1. The van der Waals surface area contributed by atoms with E-state index in [0.29, 0.717) is 19.7 Å². The SMILES string of the molecule is Cc1ccc(CNC[C@H]2Cn3nnc(-c4ccccc4)c3CO2)o1. The standard InChI is InChI=1S/C18H20N4O2/c1-13-7-8-15(24-13)9-19-10-16-11-22-17(12-23-16)18(20-21-22)14-5-3-2-4-6-14/h2-8,16,19H,9-12H2,1H3/t16-/m0/s1. The van der Waals surface area contributed by atoms with Gasteiger partial charge in [-0.2, -0.15) is 0 Å². The van der Waals surface area contributed by atoms with Crippen LogP contribution in [0.1, 0.15) is 17.2 Å². The number of furan rings is 1. The summed E-state index contributed by atoms with van der Waals surface area (Å²) >= 11 is 0. The lowest BCUT2D eigenvalue weighted by Crippen LogP contribution is -2.36. The van der Waals surface area contributed by atoms with Gasteiger partial charge in [-0.1, -0.05) is 35.5 Å². The number of ether oxygens (including phenoxy) is 1. The van der Waals surface area contributed by atoms with Gasteiger partial charge in [0.15, 0.2) is 0 Å². The number of aryl methyl sites for hydroxylation is 1. The highest BCUT2D eigenvalue weighted by Crippen LogP contribution is 2.24. The van der Waals surface area contributed by atoms with E-state index >= 15 is 0 Å². The van der Waals surface area contributed by atoms with Gasteiger partial charge in [0.05, 0.1) is 31.5 Å². The Bertz CT molecular complexity index is 810. The highest BCUT2D eigenvalue weighted by atomic mass is 16.5. The topological polar surface area (TPSA) is 65.1 Å². The Kier molecular flexibility index (Phi) is 4.15. The van der Waals surface area contributed by atoms with E-state index < -0.39 is 0 Å². The van der Waals surface area contributed by atoms with Gasteiger partial charge in [-0.3, -0.25) is 0 Å². The van der Waals surface area contributed by atoms with E-state index in [1.807, 2.05) is 54.1 Å². The summed E-state index contributed by atoms with van der Waals surface area (Å²) in [4.78, 5) is 0. The summed E-state index contributed by atoms with van der Waals surface area (Å²) in [5, 5.41) is 12.0. The van der Waals surface area contributed by atoms with E-state index in [1.54, 1.807) is 0 Å². The monoisotopic (exact) mass is 324 g/mol. The van der Waals surface area contributed by atoms with Crippen LogP contribution in [-0.2, 0) is 24.4 Å². The van der Waals surface area contributed by atoms with Crippen LogP contribution >= 0.6 is 0 Å². The van der Waals surface area contributed by atoms with Crippen LogP contribution in [-0.4, -0.2) is 27.6 Å². The number of benzene rings is 1. The molecule has 6 heteroatoms. The maximum Gasteiger partial charge on any atom is 0.118 e. The summed E-state index contributed by atoms with van der Waals surface area (Å²) in [7, 11) is 0. The number of fused-ring (bicyclic) bond motifs is 1. The molecule has 6 nitrogen and oxygen atoms in total. The van der Waals surface area contributed by atoms with Gasteiger partial charge in [-0.05, 0) is 19.1 Å². The van der Waals surface area contributed by atoms with Gasteiger partial charge in [-0.25, -0.2) is 4.68 Å². The molecule has 3 heterocycles. The van der Waals surface area contributed by atoms with Gasteiger partial charge in [-0.15, -0.1) is 5.10 Å². The van der Waals surface area contributed by atoms with Crippen LogP contribution in [0.2, 0.25) is 0 Å². The maximum atomic E-state index is 5.97. The van der Waals surface area contributed by atoms with Crippen LogP contribution in [0.3, 0.4) is 0 Å². The predicted molar refractivity (Wildman–Crippen MR) is 89.2 cm³/mol. The third kappa shape index (κ3) is 3.11. The second kappa shape index (κ2) is 6.59. The molecule has 0 amide bonds. The zero-order valence-corrected chi connectivity index (χ0v) is 13.6. The minimum atomic E-state index is 0.0823. The molecule has 1 aliphatic heterocycles. The van der Waals surface area contributed by atoms with Crippen molar-refractivity contribution < 1.29 is 9.15 Å². The number of rotatable bonds is 5. The van der Waals surface area contributed by atoms with Crippen LogP contribution in [0.15, 0.2) is 46.9 Å². The third-order valence-electron chi connectivity index (χ3n) is 4.18. The lowest BCUT2D eigenvalue weighted by atomic mass is 10.1. The summed E-state index contributed by atoms with van der Waals surface area (Å²) < 4.78 is 13.5. The zero-order chi connectivity index (χ0) is 16.4. The number of hydrogen-bond donors (Lipinski definition) is 1. The first-order valence-electron chi connectivity index (χ1n) is 8.15. The van der Waals surface area contributed by atoms with Crippen LogP contribution < -0.4 is 5.32 Å². The van der Waals surface area contributed by atoms with E-state index in [0.717, 1.165) is 35.0 Å². The lowest BCUT2D eigenvalue weighted by Gasteiger charge is -2.24. The van der Waals surface area contributed by atoms with Crippen molar-refractivity contribution >= 4 is 0 Å². The Morgan fingerprint density at radius 1 is 1.21 bits per heavy atom. The largest absolute Gasteiger partial charge is 0.465 e. The molecule has 1 aliphatic rings. The molecule has 0 bridgehead atoms. The molecule has 1 atom stereocenters. The van der Waals surface area contributed by atoms with Crippen LogP contribution in [0.4, 0.5) is 0 Å². The normalized spacial score (nSPS) is 17.0. The zero-order valence-electron chi connectivity index (χ0n) is 13.6. The van der Waals surface area contributed by atoms with Crippen molar-refractivity contribution in [1.82, 2.24) is 20.3 Å². The Labute approximate surface area is 140 Å². The van der Waals surface area contributed by atoms with Gasteiger partial charge in [0.25, 0.3) is 0 Å². The molecule has 0 aliphatic carbocycles. The highest BCUT2D eigenvalue weighted by molar-refractivity contribution is 5.61. The Morgan fingerprint density at radius 2 is 2.08 bits per heavy atom. The summed E-state index contributed by atoms with van der Waals surface area (Å²) in [5.74, 6) is 1.87. The summed E-state index contributed by atoms with van der Waals surface area (Å²) in [6.45, 7) is 4.64. The Hall–Kier alpha value is -2.44. The minimum Gasteiger partial charge on any atom is -0.465 e. The molecule has 2 aromatic heterocycles. The van der Waals surface area contributed by atoms with Crippen LogP contribution in [0.5, 0.6) is 0 Å². The van der Waals surface area contributed by atoms with Crippen molar-refractivity contribution in [3.8, 4) is 11.3 Å². The molecular weight excluding hydrogens is 304 g/mol. The van der Waals surface area contributed by atoms with Crippen molar-refractivity contribution in [3.63, 3.8) is 0 Å². The Balaban J connectivity index is 1.37. The van der Waals surface area contributed by atoms with Crippen molar-refractivity contribution in [2.24, 2.45) is 0 Å². The molecule has 1 N–H and O–H groups in total. The van der Waals surface area contributed by atoms with Crippen molar-refractivity contribution in [1.29, 1.82) is 0 Å². The van der Waals surface area contributed by atoms with Gasteiger partial charge in [0.1, 0.15) is 17.2 Å². The number of hydrogen-bond acceptors (Lipinski definition) is 5. The predicted octanol–water partition coefficient (Wildman–Crippen LogP) is 2.54. The number of nitrogens with zero attached hydrogens (tertiary/aromatic N) is 3. The minimum absolute atomic E-state index is 0.0823. The summed E-state index contributed by atoms with van der Waals surface area (Å²) in [6.07, 6.45) is 0.0823. The average Bonchev–Trinajstić information content (AvgIpc) is 3.21. The first kappa shape index (κ1) is 15.1. The fourth-order valence-corrected chi connectivity index (χ4v) is 2.94. The van der Waals surface area contributed by atoms with E-state index in [9.17, 15) is 0 Å². The molecular formula is C18H20N4O2. The van der Waals surface area contributed by atoms with Gasteiger partial charge >= 0.3 is 0 Å². The first-order chi connectivity index (χ1) is 11.8. The molecule has 1 aromatic carbocycles. The van der Waals surface area contributed by atoms with Gasteiger partial charge in [0, 0.05) is 12.1 Å². The van der Waals surface area contributed by atoms with E-state index in [4.69, 9.17) is 9.15 Å². The van der Waals surface area contributed by atoms with Crippen molar-refractivity contribution in [3.05, 3.63) is 59.7 Å². The highest BCUT2D eigenvalue weighted by Gasteiger charge is 2.24. The fourth-order valence-electron chi connectivity index (χ4n) is 2.94. The quantitative estimate of drug-likeness (QED) is 0.781. The lowest BCUT2D eigenvalue weighted by molar-refractivity contribution is 0.00106. The molecule has 0 radical (unpaired) electrons. The molecule has 0 fully saturated rings. The fraction of sp³-hybridized carbons (Fsp3) is 0.333. The Morgan fingerprint density at radius 3 is 2.88 bits per heavy atom. The van der Waals surface area contributed by atoms with Crippen molar-refractivity contribution in [2.75, 3.05) is 6.54 Å². The van der Waals surface area contributed by atoms with Crippen molar-refractivity contribution in [2.45, 2.75) is 32.7 Å². The van der Waals surface area contributed by atoms with E-state index in [2.05, 4.69) is 15.6 Å². The van der Waals surface area contributed by atoms with Crippen LogP contribution in [0.25, 0.3) is 11.3 Å². The van der Waals surface area contributed by atoms with E-state index in [-0.39, 0.29) is 6.10 Å². The summed E-state index contributed by atoms with van der Waals surface area (Å²) in [6, 6.07) is 14.1. The average molecular weight is 324 g/mol. The molecule has 0 unspecified atom stereocenters. The van der Waals surface area contributed by atoms with Gasteiger partial charge < -0.3 is 14.5 Å². The van der Waals surface area contributed by atoms with Gasteiger partial charge in [0.2, 0.25) is 0 Å². The third-order valence-corrected chi connectivity index (χ3v) is 4.18. The smallest absolute Gasteiger partial charge is 0.118 e. The van der Waals surface area contributed by atoms with E-state index in [1.165, 1.54) is 0 Å².